The Morgan fingerprint density at radius 1 is 1.42 bits per heavy atom. The van der Waals surface area contributed by atoms with Gasteiger partial charge in [0.2, 0.25) is 0 Å². The second-order valence-electron chi connectivity index (χ2n) is 4.78. The Labute approximate surface area is 143 Å². The van der Waals surface area contributed by atoms with E-state index in [4.69, 9.17) is 26.1 Å². The van der Waals surface area contributed by atoms with Crippen molar-refractivity contribution in [1.29, 1.82) is 5.26 Å². The van der Waals surface area contributed by atoms with Crippen molar-refractivity contribution in [3.8, 4) is 17.3 Å². The predicted molar refractivity (Wildman–Crippen MR) is 85.2 cm³/mol. The van der Waals surface area contributed by atoms with Gasteiger partial charge in [-0.15, -0.1) is 0 Å². The summed E-state index contributed by atoms with van der Waals surface area (Å²) in [6.45, 7) is 1.30. The van der Waals surface area contributed by atoms with Gasteiger partial charge >= 0.3 is 5.97 Å². The quantitative estimate of drug-likeness (QED) is 0.635. The molecule has 0 aliphatic carbocycles. The highest BCUT2D eigenvalue weighted by Gasteiger charge is 2.24. The molecule has 2 rings (SSSR count). The molecule has 1 aromatic heterocycles. The smallest absolute Gasteiger partial charge is 0.344 e. The number of nitrogens with one attached hydrogen (secondary N) is 1. The van der Waals surface area contributed by atoms with Crippen LogP contribution in [0, 0.1) is 18.3 Å². The standard InChI is InChI=1S/C16H14ClN3O4/c1-10-14(16(22)23-9-13(21)19-8-4-7-18)15(20-24-10)11-5-2-3-6-12(11)17/h2-3,5-6H,4,8-9H2,1H3,(H,19,21). The van der Waals surface area contributed by atoms with Gasteiger partial charge in [0, 0.05) is 12.1 Å². The fraction of sp³-hybridized carbons (Fsp3) is 0.250. The van der Waals surface area contributed by atoms with Crippen molar-refractivity contribution >= 4 is 23.5 Å². The van der Waals surface area contributed by atoms with Crippen LogP contribution in [0.4, 0.5) is 0 Å². The zero-order valence-electron chi connectivity index (χ0n) is 12.8. The first-order chi connectivity index (χ1) is 11.5. The number of ether oxygens (including phenoxy) is 1. The third kappa shape index (κ3) is 4.12. The number of amides is 1. The van der Waals surface area contributed by atoms with Gasteiger partial charge in [-0.3, -0.25) is 4.79 Å². The van der Waals surface area contributed by atoms with Crippen molar-refractivity contribution in [2.45, 2.75) is 13.3 Å². The second kappa shape index (κ2) is 8.13. The molecule has 0 aliphatic rings. The van der Waals surface area contributed by atoms with Gasteiger partial charge in [-0.25, -0.2) is 4.79 Å². The summed E-state index contributed by atoms with van der Waals surface area (Å²) in [7, 11) is 0. The lowest BCUT2D eigenvalue weighted by Gasteiger charge is -2.06. The maximum absolute atomic E-state index is 12.3. The second-order valence-corrected chi connectivity index (χ2v) is 5.18. The van der Waals surface area contributed by atoms with Crippen molar-refractivity contribution in [3.63, 3.8) is 0 Å². The number of aryl methyl sites for hydroxylation is 1. The van der Waals surface area contributed by atoms with Gasteiger partial charge in [0.25, 0.3) is 5.91 Å². The summed E-state index contributed by atoms with van der Waals surface area (Å²) in [6.07, 6.45) is 0.182. The minimum Gasteiger partial charge on any atom is -0.452 e. The molecule has 124 valence electrons. The largest absolute Gasteiger partial charge is 0.452 e. The van der Waals surface area contributed by atoms with E-state index in [1.807, 2.05) is 6.07 Å². The van der Waals surface area contributed by atoms with E-state index in [2.05, 4.69) is 10.5 Å². The van der Waals surface area contributed by atoms with Crippen LogP contribution in [-0.4, -0.2) is 30.2 Å². The van der Waals surface area contributed by atoms with Gasteiger partial charge < -0.3 is 14.6 Å². The molecular weight excluding hydrogens is 334 g/mol. The predicted octanol–water partition coefficient (Wildman–Crippen LogP) is 2.49. The van der Waals surface area contributed by atoms with Crippen LogP contribution in [0.1, 0.15) is 22.5 Å². The van der Waals surface area contributed by atoms with E-state index in [1.54, 1.807) is 31.2 Å². The van der Waals surface area contributed by atoms with E-state index >= 15 is 0 Å². The summed E-state index contributed by atoms with van der Waals surface area (Å²) in [5.74, 6) is -0.967. The van der Waals surface area contributed by atoms with Gasteiger partial charge in [-0.05, 0) is 13.0 Å². The average molecular weight is 348 g/mol. The summed E-state index contributed by atoms with van der Waals surface area (Å²) in [5.41, 5.74) is 0.905. The molecule has 1 heterocycles. The molecular formula is C16H14ClN3O4. The van der Waals surface area contributed by atoms with Gasteiger partial charge in [0.1, 0.15) is 17.0 Å². The monoisotopic (exact) mass is 347 g/mol. The van der Waals surface area contributed by atoms with Crippen molar-refractivity contribution in [2.24, 2.45) is 0 Å². The lowest BCUT2D eigenvalue weighted by molar-refractivity contribution is -0.124. The maximum atomic E-state index is 12.3. The zero-order chi connectivity index (χ0) is 17.5. The Bertz CT molecular complexity index is 795. The number of benzene rings is 1. The number of nitrogens with zero attached hydrogens (tertiary/aromatic N) is 2. The summed E-state index contributed by atoms with van der Waals surface area (Å²) in [6, 6.07) is 8.76. The Morgan fingerprint density at radius 2 is 2.17 bits per heavy atom. The fourth-order valence-electron chi connectivity index (χ4n) is 1.96. The average Bonchev–Trinajstić information content (AvgIpc) is 2.95. The fourth-order valence-corrected chi connectivity index (χ4v) is 2.19. The Kier molecular flexibility index (Phi) is 5.93. The molecule has 1 N–H and O–H groups in total. The molecule has 0 saturated carbocycles. The number of carbonyl (C=O) groups is 2. The molecule has 7 nitrogen and oxygen atoms in total. The lowest BCUT2D eigenvalue weighted by Crippen LogP contribution is -2.29. The van der Waals surface area contributed by atoms with E-state index in [-0.39, 0.29) is 30.0 Å². The van der Waals surface area contributed by atoms with Crippen LogP contribution >= 0.6 is 11.6 Å². The van der Waals surface area contributed by atoms with Crippen LogP contribution in [0.3, 0.4) is 0 Å². The number of hydrogen-bond acceptors (Lipinski definition) is 6. The number of nitriles is 1. The van der Waals surface area contributed by atoms with Gasteiger partial charge in [-0.1, -0.05) is 35.0 Å². The van der Waals surface area contributed by atoms with E-state index < -0.39 is 18.5 Å². The number of hydrogen-bond donors (Lipinski definition) is 1. The number of halogens is 1. The molecule has 0 unspecified atom stereocenters. The van der Waals surface area contributed by atoms with Gasteiger partial charge in [-0.2, -0.15) is 5.26 Å². The number of aromatic nitrogens is 1. The number of esters is 1. The Morgan fingerprint density at radius 3 is 2.88 bits per heavy atom. The molecule has 1 aromatic carbocycles. The highest BCUT2D eigenvalue weighted by Crippen LogP contribution is 2.31. The molecule has 2 aromatic rings. The molecule has 0 bridgehead atoms. The highest BCUT2D eigenvalue weighted by molar-refractivity contribution is 6.33. The van der Waals surface area contributed by atoms with Crippen LogP contribution in [0.2, 0.25) is 5.02 Å². The topological polar surface area (TPSA) is 105 Å². The van der Waals surface area contributed by atoms with E-state index in [9.17, 15) is 9.59 Å². The Hall–Kier alpha value is -2.85. The number of carbonyl (C=O) groups excluding carboxylic acids is 2. The highest BCUT2D eigenvalue weighted by atomic mass is 35.5. The zero-order valence-corrected chi connectivity index (χ0v) is 13.6. The summed E-state index contributed by atoms with van der Waals surface area (Å²) in [5, 5.41) is 15.1. The van der Waals surface area contributed by atoms with Crippen LogP contribution in [0.15, 0.2) is 28.8 Å². The summed E-state index contributed by atoms with van der Waals surface area (Å²) < 4.78 is 10.1. The van der Waals surface area contributed by atoms with E-state index in [0.29, 0.717) is 10.6 Å². The van der Waals surface area contributed by atoms with E-state index in [0.717, 1.165) is 0 Å². The summed E-state index contributed by atoms with van der Waals surface area (Å²) in [4.78, 5) is 23.8. The first-order valence-corrected chi connectivity index (χ1v) is 7.44. The number of rotatable bonds is 6. The SMILES string of the molecule is Cc1onc(-c2ccccc2Cl)c1C(=O)OCC(=O)NCCC#N. The molecule has 24 heavy (non-hydrogen) atoms. The Balaban J connectivity index is 2.11. The molecule has 0 radical (unpaired) electrons. The normalized spacial score (nSPS) is 10.0. The molecule has 0 fully saturated rings. The van der Waals surface area contributed by atoms with Crippen LogP contribution in [0.25, 0.3) is 11.3 Å². The summed E-state index contributed by atoms with van der Waals surface area (Å²) >= 11 is 6.12. The lowest BCUT2D eigenvalue weighted by atomic mass is 10.1. The molecule has 0 atom stereocenters. The minimum absolute atomic E-state index is 0.118. The van der Waals surface area contributed by atoms with Gasteiger partial charge in [0.05, 0.1) is 17.5 Å². The molecule has 0 aliphatic heterocycles. The van der Waals surface area contributed by atoms with Crippen molar-refractivity contribution in [2.75, 3.05) is 13.2 Å². The van der Waals surface area contributed by atoms with E-state index in [1.165, 1.54) is 0 Å². The first-order valence-electron chi connectivity index (χ1n) is 7.06. The molecule has 0 saturated heterocycles. The van der Waals surface area contributed by atoms with Crippen LogP contribution in [0.5, 0.6) is 0 Å². The van der Waals surface area contributed by atoms with Crippen molar-refractivity contribution in [1.82, 2.24) is 10.5 Å². The van der Waals surface area contributed by atoms with Crippen LogP contribution in [-0.2, 0) is 9.53 Å². The third-order valence-electron chi connectivity index (χ3n) is 3.09. The molecule has 1 amide bonds. The minimum atomic E-state index is -0.737. The van der Waals surface area contributed by atoms with Crippen LogP contribution < -0.4 is 5.32 Å². The molecule has 8 heteroatoms. The van der Waals surface area contributed by atoms with Crippen molar-refractivity contribution < 1.29 is 18.8 Å². The first kappa shape index (κ1) is 17.5. The van der Waals surface area contributed by atoms with Crippen molar-refractivity contribution in [3.05, 3.63) is 40.6 Å². The van der Waals surface area contributed by atoms with Gasteiger partial charge in [0.15, 0.2) is 6.61 Å². The maximum Gasteiger partial charge on any atom is 0.344 e. The third-order valence-corrected chi connectivity index (χ3v) is 3.42. The molecule has 0 spiro atoms.